The number of aliphatic hydroxyl groups excluding tert-OH is 1. The molecule has 0 radical (unpaired) electrons. The fourth-order valence-electron chi connectivity index (χ4n) is 6.83. The normalized spacial score (nSPS) is 19.7. The average molecular weight is 786 g/mol. The summed E-state index contributed by atoms with van der Waals surface area (Å²) in [5, 5.41) is 12.1. The van der Waals surface area contributed by atoms with Crippen LogP contribution in [0, 0.1) is 0 Å². The van der Waals surface area contributed by atoms with Gasteiger partial charge < -0.3 is 24.6 Å². The summed E-state index contributed by atoms with van der Waals surface area (Å²) in [6.07, 6.45) is -1.10. The predicted molar refractivity (Wildman–Crippen MR) is 214 cm³/mol. The highest BCUT2D eigenvalue weighted by atomic mass is 32.2. The molecule has 3 heterocycles. The smallest absolute Gasteiger partial charge is 0.408 e. The number of aromatic nitrogens is 1. The number of amides is 3. The lowest BCUT2D eigenvalue weighted by Crippen LogP contribution is -2.41. The van der Waals surface area contributed by atoms with Crippen LogP contribution in [0.15, 0.2) is 132 Å². The number of likely N-dealkylation sites (tertiary alicyclic amines) is 1. The number of para-hydroxylation sites is 1. The van der Waals surface area contributed by atoms with Gasteiger partial charge in [0.05, 0.1) is 42.0 Å². The lowest BCUT2D eigenvalue weighted by molar-refractivity contribution is -0.245. The van der Waals surface area contributed by atoms with Crippen molar-refractivity contribution in [2.24, 2.45) is 0 Å². The molecule has 0 spiro atoms. The highest BCUT2D eigenvalue weighted by Crippen LogP contribution is 2.40. The van der Waals surface area contributed by atoms with Crippen molar-refractivity contribution >= 4 is 51.2 Å². The van der Waals surface area contributed by atoms with Gasteiger partial charge >= 0.3 is 6.09 Å². The molecular formula is C44H39N3O7S2. The molecule has 2 aliphatic heterocycles. The van der Waals surface area contributed by atoms with Crippen molar-refractivity contribution in [1.82, 2.24) is 15.2 Å². The van der Waals surface area contributed by atoms with Gasteiger partial charge in [-0.2, -0.15) is 0 Å². The second-order valence-corrected chi connectivity index (χ2v) is 16.0. The van der Waals surface area contributed by atoms with Crippen molar-refractivity contribution < 1.29 is 33.7 Å². The van der Waals surface area contributed by atoms with Crippen molar-refractivity contribution in [2.75, 3.05) is 5.75 Å². The van der Waals surface area contributed by atoms with E-state index < -0.39 is 24.3 Å². The molecule has 0 bridgehead atoms. The van der Waals surface area contributed by atoms with Gasteiger partial charge in [-0.1, -0.05) is 121 Å². The van der Waals surface area contributed by atoms with Crippen LogP contribution in [-0.2, 0) is 43.6 Å². The van der Waals surface area contributed by atoms with Crippen LogP contribution in [0.2, 0.25) is 0 Å². The first-order valence-electron chi connectivity index (χ1n) is 18.4. The van der Waals surface area contributed by atoms with E-state index in [1.165, 1.54) is 4.90 Å². The molecule has 6 aromatic rings. The predicted octanol–water partition coefficient (Wildman–Crippen LogP) is 8.35. The van der Waals surface area contributed by atoms with Crippen LogP contribution in [0.1, 0.15) is 53.1 Å². The summed E-state index contributed by atoms with van der Waals surface area (Å²) in [5.74, 6) is -0.106. The van der Waals surface area contributed by atoms with Crippen molar-refractivity contribution in [2.45, 2.75) is 61.5 Å². The first-order chi connectivity index (χ1) is 27.4. The van der Waals surface area contributed by atoms with Gasteiger partial charge in [0.25, 0.3) is 5.91 Å². The van der Waals surface area contributed by atoms with E-state index in [1.807, 2.05) is 121 Å². The average Bonchev–Trinajstić information content (AvgIpc) is 3.78. The number of hydrogen-bond donors (Lipinski definition) is 2. The summed E-state index contributed by atoms with van der Waals surface area (Å²) in [6.45, 7) is 0.127. The maximum atomic E-state index is 13.2. The molecule has 284 valence electrons. The summed E-state index contributed by atoms with van der Waals surface area (Å²) in [4.78, 5) is 44.5. The Labute approximate surface area is 332 Å². The Kier molecular flexibility index (Phi) is 11.5. The molecule has 0 aliphatic carbocycles. The van der Waals surface area contributed by atoms with Gasteiger partial charge in [0, 0.05) is 17.7 Å². The number of rotatable bonds is 12. The Bertz CT molecular complexity index is 2280. The molecule has 2 saturated heterocycles. The monoisotopic (exact) mass is 785 g/mol. The lowest BCUT2D eigenvalue weighted by atomic mass is 9.99. The van der Waals surface area contributed by atoms with E-state index in [1.54, 1.807) is 23.1 Å². The molecule has 4 atom stereocenters. The van der Waals surface area contributed by atoms with Gasteiger partial charge in [0.2, 0.25) is 5.91 Å². The van der Waals surface area contributed by atoms with Gasteiger partial charge in [0.1, 0.15) is 12.6 Å². The molecule has 3 amide bonds. The minimum atomic E-state index is -0.976. The van der Waals surface area contributed by atoms with Gasteiger partial charge in [-0.25, -0.2) is 9.78 Å². The molecule has 56 heavy (non-hydrogen) atoms. The fraction of sp³-hybridized carbons (Fsp3) is 0.227. The first-order valence-corrected chi connectivity index (χ1v) is 20.2. The van der Waals surface area contributed by atoms with Crippen molar-refractivity contribution in [3.05, 3.63) is 155 Å². The number of carbonyl (C=O) groups excluding carboxylic acids is 3. The summed E-state index contributed by atoms with van der Waals surface area (Å²) >= 11 is 3.38. The minimum absolute atomic E-state index is 0.0193. The van der Waals surface area contributed by atoms with E-state index in [2.05, 4.69) is 11.4 Å². The van der Waals surface area contributed by atoms with Crippen LogP contribution in [0.4, 0.5) is 4.79 Å². The minimum Gasteiger partial charge on any atom is -0.445 e. The Morgan fingerprint density at radius 2 is 1.59 bits per heavy atom. The maximum Gasteiger partial charge on any atom is 0.408 e. The zero-order valence-electron chi connectivity index (χ0n) is 30.3. The van der Waals surface area contributed by atoms with Crippen LogP contribution in [-0.4, -0.2) is 50.8 Å². The molecule has 2 fully saturated rings. The highest BCUT2D eigenvalue weighted by molar-refractivity contribution is 8.01. The zero-order valence-corrected chi connectivity index (χ0v) is 31.9. The summed E-state index contributed by atoms with van der Waals surface area (Å²) in [5.41, 5.74) is 7.22. The van der Waals surface area contributed by atoms with Gasteiger partial charge in [-0.3, -0.25) is 14.5 Å². The quantitative estimate of drug-likeness (QED) is 0.0930. The summed E-state index contributed by atoms with van der Waals surface area (Å²) < 4.78 is 20.6. The largest absolute Gasteiger partial charge is 0.445 e. The molecule has 0 saturated carbocycles. The standard InChI is InChI=1S/C44H39N3O7S2/c48-25-28-13-15-32(16-14-28)38-22-35(27-55-44-46-36-11-4-5-12-39(36)56-44)53-42(54-38)33-19-17-31(18-20-33)34-10-6-9-30(21-34)24-47-40(49)23-37(41(47)50)45-43(51)52-26-29-7-2-1-3-8-29/h1-21,35,37-38,42,48H,22-27H2,(H,45,51). The SMILES string of the molecule is O=C(NC1CC(=O)N(Cc2cccc(-c3ccc(C4OC(CSc5nc6ccccc6s5)CC(c5ccc(CO)cc5)O4)cc3)c2)C1=O)OCc1ccccc1. The first kappa shape index (κ1) is 37.5. The van der Waals surface area contributed by atoms with Crippen LogP contribution < -0.4 is 5.32 Å². The number of nitrogens with one attached hydrogen (secondary N) is 1. The van der Waals surface area contributed by atoms with Crippen LogP contribution >= 0.6 is 23.1 Å². The molecule has 10 nitrogen and oxygen atoms in total. The van der Waals surface area contributed by atoms with Gasteiger partial charge in [-0.05, 0) is 51.6 Å². The maximum absolute atomic E-state index is 13.2. The highest BCUT2D eigenvalue weighted by Gasteiger charge is 2.40. The molecule has 2 N–H and O–H groups in total. The second kappa shape index (κ2) is 17.2. The van der Waals surface area contributed by atoms with Gasteiger partial charge in [-0.15, -0.1) is 11.3 Å². The van der Waals surface area contributed by atoms with Crippen molar-refractivity contribution in [3.8, 4) is 11.1 Å². The number of thioether (sulfide) groups is 1. The Morgan fingerprint density at radius 3 is 2.38 bits per heavy atom. The molecule has 8 rings (SSSR count). The van der Waals surface area contributed by atoms with Gasteiger partial charge in [0.15, 0.2) is 10.6 Å². The number of aliphatic hydroxyl groups is 1. The zero-order chi connectivity index (χ0) is 38.4. The van der Waals surface area contributed by atoms with Crippen LogP contribution in [0.3, 0.4) is 0 Å². The number of thiazole rings is 1. The van der Waals surface area contributed by atoms with E-state index in [9.17, 15) is 19.5 Å². The molecule has 12 heteroatoms. The lowest BCUT2D eigenvalue weighted by Gasteiger charge is -2.36. The van der Waals surface area contributed by atoms with E-state index in [0.29, 0.717) is 12.2 Å². The molecule has 2 aliphatic rings. The topological polar surface area (TPSA) is 127 Å². The number of benzene rings is 5. The second-order valence-electron chi connectivity index (χ2n) is 13.7. The van der Waals surface area contributed by atoms with E-state index >= 15 is 0 Å². The Balaban J connectivity index is 0.923. The summed E-state index contributed by atoms with van der Waals surface area (Å²) in [6, 6.07) is 40.0. The Hall–Kier alpha value is -5.37. The third kappa shape index (κ3) is 8.85. The van der Waals surface area contributed by atoms with E-state index in [0.717, 1.165) is 53.5 Å². The number of nitrogens with zero attached hydrogens (tertiary/aromatic N) is 2. The third-order valence-electron chi connectivity index (χ3n) is 9.81. The van der Waals surface area contributed by atoms with Crippen LogP contribution in [0.25, 0.3) is 21.3 Å². The number of hydrogen-bond acceptors (Lipinski definition) is 10. The number of imide groups is 1. The molecule has 1 aromatic heterocycles. The van der Waals surface area contributed by atoms with Crippen molar-refractivity contribution in [3.63, 3.8) is 0 Å². The number of alkyl carbamates (subject to hydrolysis) is 1. The third-order valence-corrected chi connectivity index (χ3v) is 12.1. The van der Waals surface area contributed by atoms with E-state index in [4.69, 9.17) is 19.2 Å². The summed E-state index contributed by atoms with van der Waals surface area (Å²) in [7, 11) is 0. The Morgan fingerprint density at radius 1 is 0.839 bits per heavy atom. The molecule has 5 aromatic carbocycles. The number of carbonyl (C=O) groups is 3. The van der Waals surface area contributed by atoms with E-state index in [-0.39, 0.29) is 44.3 Å². The number of fused-ring (bicyclic) bond motifs is 1. The molecular weight excluding hydrogens is 747 g/mol. The molecule has 4 unspecified atom stereocenters. The number of ether oxygens (including phenoxy) is 3. The van der Waals surface area contributed by atoms with Crippen molar-refractivity contribution in [1.29, 1.82) is 0 Å². The van der Waals surface area contributed by atoms with Crippen LogP contribution in [0.5, 0.6) is 0 Å². The fourth-order valence-corrected chi connectivity index (χ4v) is 8.95.